The highest BCUT2D eigenvalue weighted by Crippen LogP contribution is 2.40. The molecular weight excluding hydrogens is 318 g/mol. The second kappa shape index (κ2) is 4.82. The number of nitrogens with zero attached hydrogens (tertiary/aromatic N) is 2. The lowest BCUT2D eigenvalue weighted by Crippen LogP contribution is -1.97. The van der Waals surface area contributed by atoms with E-state index in [2.05, 4.69) is 21.0 Å². The molecule has 0 saturated carbocycles. The van der Waals surface area contributed by atoms with Crippen molar-refractivity contribution in [2.45, 2.75) is 6.92 Å². The molecule has 4 nitrogen and oxygen atoms in total. The van der Waals surface area contributed by atoms with E-state index in [0.717, 1.165) is 27.0 Å². The first-order valence-corrected chi connectivity index (χ1v) is 6.45. The number of hydrogen-bond acceptors (Lipinski definition) is 3. The van der Waals surface area contributed by atoms with Crippen LogP contribution < -0.4 is 10.5 Å². The first-order valence-electron chi connectivity index (χ1n) is 5.28. The molecule has 0 aliphatic rings. The van der Waals surface area contributed by atoms with Crippen molar-refractivity contribution >= 4 is 33.3 Å². The zero-order valence-corrected chi connectivity index (χ0v) is 12.6. The summed E-state index contributed by atoms with van der Waals surface area (Å²) in [5, 5.41) is 5.02. The minimum Gasteiger partial charge on any atom is -0.496 e. The van der Waals surface area contributed by atoms with Crippen LogP contribution in [0.15, 0.2) is 16.6 Å². The standard InChI is InChI=1S/C12H13BrClN3O/c1-6-4-7(14)5-8(11(6)18-3)10-9(13)12(15)17(2)16-10/h4-5H,15H2,1-3H3. The van der Waals surface area contributed by atoms with Gasteiger partial charge in [0.15, 0.2) is 0 Å². The molecule has 0 fully saturated rings. The number of hydrogen-bond donors (Lipinski definition) is 1. The molecule has 0 aliphatic carbocycles. The fourth-order valence-electron chi connectivity index (χ4n) is 1.86. The predicted molar refractivity (Wildman–Crippen MR) is 77.1 cm³/mol. The molecule has 2 N–H and O–H groups in total. The van der Waals surface area contributed by atoms with Crippen LogP contribution in [0.1, 0.15) is 5.56 Å². The van der Waals surface area contributed by atoms with Crippen molar-refractivity contribution in [3.05, 3.63) is 27.2 Å². The van der Waals surface area contributed by atoms with Crippen molar-refractivity contribution in [2.75, 3.05) is 12.8 Å². The number of anilines is 1. The summed E-state index contributed by atoms with van der Waals surface area (Å²) in [6.45, 7) is 1.94. The van der Waals surface area contributed by atoms with E-state index in [1.165, 1.54) is 0 Å². The molecule has 1 heterocycles. The second-order valence-corrected chi connectivity index (χ2v) is 5.20. The van der Waals surface area contributed by atoms with Crippen molar-refractivity contribution in [1.29, 1.82) is 0 Å². The maximum Gasteiger partial charge on any atom is 0.136 e. The first-order chi connectivity index (χ1) is 8.45. The summed E-state index contributed by atoms with van der Waals surface area (Å²) >= 11 is 9.53. The molecule has 0 spiro atoms. The number of aromatic nitrogens is 2. The highest BCUT2D eigenvalue weighted by atomic mass is 79.9. The Hall–Kier alpha value is -1.20. The normalized spacial score (nSPS) is 10.7. The van der Waals surface area contributed by atoms with Crippen LogP contribution in [-0.4, -0.2) is 16.9 Å². The predicted octanol–water partition coefficient (Wildman–Crippen LogP) is 3.40. The van der Waals surface area contributed by atoms with E-state index >= 15 is 0 Å². The van der Waals surface area contributed by atoms with E-state index in [1.807, 2.05) is 19.1 Å². The van der Waals surface area contributed by atoms with Gasteiger partial charge in [0.25, 0.3) is 0 Å². The van der Waals surface area contributed by atoms with Gasteiger partial charge in [0.1, 0.15) is 17.3 Å². The highest BCUT2D eigenvalue weighted by molar-refractivity contribution is 9.10. The molecule has 0 atom stereocenters. The Kier molecular flexibility index (Phi) is 3.54. The molecule has 0 aliphatic heterocycles. The third-order valence-corrected chi connectivity index (χ3v) is 3.73. The molecule has 6 heteroatoms. The van der Waals surface area contributed by atoms with Crippen molar-refractivity contribution in [2.24, 2.45) is 7.05 Å². The van der Waals surface area contributed by atoms with Crippen LogP contribution in [0.2, 0.25) is 5.02 Å². The smallest absolute Gasteiger partial charge is 0.136 e. The molecule has 96 valence electrons. The van der Waals surface area contributed by atoms with Crippen LogP contribution in [0.25, 0.3) is 11.3 Å². The van der Waals surface area contributed by atoms with Crippen LogP contribution in [-0.2, 0) is 7.05 Å². The van der Waals surface area contributed by atoms with E-state index < -0.39 is 0 Å². The van der Waals surface area contributed by atoms with E-state index in [9.17, 15) is 0 Å². The summed E-state index contributed by atoms with van der Waals surface area (Å²) in [4.78, 5) is 0. The Labute approximate surface area is 119 Å². The summed E-state index contributed by atoms with van der Waals surface area (Å²) < 4.78 is 7.77. The first kappa shape index (κ1) is 13.2. The fourth-order valence-corrected chi connectivity index (χ4v) is 2.68. The van der Waals surface area contributed by atoms with Gasteiger partial charge in [-0.25, -0.2) is 0 Å². The van der Waals surface area contributed by atoms with Gasteiger partial charge >= 0.3 is 0 Å². The number of benzene rings is 1. The average Bonchev–Trinajstić information content (AvgIpc) is 2.56. The number of methoxy groups -OCH3 is 1. The highest BCUT2D eigenvalue weighted by Gasteiger charge is 2.18. The van der Waals surface area contributed by atoms with Crippen LogP contribution in [0.4, 0.5) is 5.82 Å². The molecule has 2 rings (SSSR count). The lowest BCUT2D eigenvalue weighted by atomic mass is 10.1. The van der Waals surface area contributed by atoms with Gasteiger partial charge in [0.2, 0.25) is 0 Å². The zero-order chi connectivity index (χ0) is 13.4. The number of halogens is 2. The summed E-state index contributed by atoms with van der Waals surface area (Å²) in [5.74, 6) is 1.31. The van der Waals surface area contributed by atoms with Crippen molar-refractivity contribution < 1.29 is 4.74 Å². The molecule has 0 unspecified atom stereocenters. The summed E-state index contributed by atoms with van der Waals surface area (Å²) in [7, 11) is 3.41. The molecule has 1 aromatic heterocycles. The number of aryl methyl sites for hydroxylation is 2. The quantitative estimate of drug-likeness (QED) is 0.918. The average molecular weight is 331 g/mol. The molecule has 2 aromatic rings. The van der Waals surface area contributed by atoms with Gasteiger partial charge < -0.3 is 10.5 Å². The van der Waals surface area contributed by atoms with Crippen LogP contribution >= 0.6 is 27.5 Å². The van der Waals surface area contributed by atoms with Crippen molar-refractivity contribution in [3.63, 3.8) is 0 Å². The number of rotatable bonds is 2. The number of nitrogens with two attached hydrogens (primary N) is 1. The molecule has 0 radical (unpaired) electrons. The fraction of sp³-hybridized carbons (Fsp3) is 0.250. The van der Waals surface area contributed by atoms with Gasteiger partial charge in [-0.3, -0.25) is 4.68 Å². The van der Waals surface area contributed by atoms with Gasteiger partial charge in [-0.2, -0.15) is 5.10 Å². The topological polar surface area (TPSA) is 53.1 Å². The van der Waals surface area contributed by atoms with E-state index in [1.54, 1.807) is 18.8 Å². The minimum absolute atomic E-state index is 0.560. The van der Waals surface area contributed by atoms with Crippen molar-refractivity contribution in [3.8, 4) is 17.0 Å². The Morgan fingerprint density at radius 2 is 2.11 bits per heavy atom. The van der Waals surface area contributed by atoms with Crippen LogP contribution in [0, 0.1) is 6.92 Å². The van der Waals surface area contributed by atoms with E-state index in [4.69, 9.17) is 22.1 Å². The van der Waals surface area contributed by atoms with E-state index in [0.29, 0.717) is 10.8 Å². The Balaban J connectivity index is 2.73. The van der Waals surface area contributed by atoms with Gasteiger partial charge in [-0.15, -0.1) is 0 Å². The summed E-state index contributed by atoms with van der Waals surface area (Å²) in [5.41, 5.74) is 8.38. The molecule has 1 aromatic carbocycles. The second-order valence-electron chi connectivity index (χ2n) is 3.97. The lowest BCUT2D eigenvalue weighted by Gasteiger charge is -2.10. The van der Waals surface area contributed by atoms with Gasteiger partial charge in [0.05, 0.1) is 11.6 Å². The van der Waals surface area contributed by atoms with Gasteiger partial charge in [-0.1, -0.05) is 11.6 Å². The maximum atomic E-state index is 6.09. The third-order valence-electron chi connectivity index (χ3n) is 2.73. The van der Waals surface area contributed by atoms with Crippen molar-refractivity contribution in [1.82, 2.24) is 9.78 Å². The lowest BCUT2D eigenvalue weighted by molar-refractivity contribution is 0.413. The van der Waals surface area contributed by atoms with Gasteiger partial charge in [-0.05, 0) is 40.5 Å². The Bertz CT molecular complexity index is 610. The Morgan fingerprint density at radius 1 is 1.44 bits per heavy atom. The van der Waals surface area contributed by atoms with Crippen LogP contribution in [0.3, 0.4) is 0 Å². The minimum atomic E-state index is 0.560. The summed E-state index contributed by atoms with van der Waals surface area (Å²) in [6.07, 6.45) is 0. The number of nitrogen functional groups attached to an aromatic ring is 1. The molecular formula is C12H13BrClN3O. The molecule has 0 amide bonds. The molecule has 0 saturated heterocycles. The SMILES string of the molecule is COc1c(C)cc(Cl)cc1-c1nn(C)c(N)c1Br. The maximum absolute atomic E-state index is 6.09. The van der Waals surface area contributed by atoms with E-state index in [-0.39, 0.29) is 0 Å². The Morgan fingerprint density at radius 3 is 2.61 bits per heavy atom. The number of ether oxygens (including phenoxy) is 1. The molecule has 18 heavy (non-hydrogen) atoms. The summed E-state index contributed by atoms with van der Waals surface area (Å²) in [6, 6.07) is 3.67. The van der Waals surface area contributed by atoms with Gasteiger partial charge in [0, 0.05) is 17.6 Å². The monoisotopic (exact) mass is 329 g/mol. The van der Waals surface area contributed by atoms with Crippen LogP contribution in [0.5, 0.6) is 5.75 Å². The zero-order valence-electron chi connectivity index (χ0n) is 10.3. The molecule has 0 bridgehead atoms. The largest absolute Gasteiger partial charge is 0.496 e. The third kappa shape index (κ3) is 2.08.